The second kappa shape index (κ2) is 6.53. The van der Waals surface area contributed by atoms with E-state index in [0.717, 1.165) is 6.07 Å². The quantitative estimate of drug-likeness (QED) is 0.586. The van der Waals surface area contributed by atoms with Crippen LogP contribution in [0.2, 0.25) is 0 Å². The van der Waals surface area contributed by atoms with Crippen molar-refractivity contribution in [2.24, 2.45) is 0 Å². The first kappa shape index (κ1) is 14.7. The van der Waals surface area contributed by atoms with Gasteiger partial charge >= 0.3 is 5.88 Å². The molecule has 1 rings (SSSR count). The van der Waals surface area contributed by atoms with Gasteiger partial charge in [-0.05, 0) is 19.9 Å². The number of carbonyl (C=O) groups excluding carboxylic acids is 2. The van der Waals surface area contributed by atoms with Crippen molar-refractivity contribution >= 4 is 17.7 Å². The largest absolute Gasteiger partial charge is 0.433 e. The summed E-state index contributed by atoms with van der Waals surface area (Å²) < 4.78 is 4.72. The van der Waals surface area contributed by atoms with Crippen molar-refractivity contribution in [1.82, 2.24) is 10.6 Å². The highest BCUT2D eigenvalue weighted by Gasteiger charge is 2.17. The van der Waals surface area contributed by atoms with E-state index in [9.17, 15) is 19.7 Å². The monoisotopic (exact) mass is 269 g/mol. The normalized spacial score (nSPS) is 10.3. The SMILES string of the molecule is CC(C)NC(=O)CCNC(=O)c1ccc([N+](=O)[O-])o1. The van der Waals surface area contributed by atoms with Crippen LogP contribution in [-0.4, -0.2) is 29.3 Å². The maximum Gasteiger partial charge on any atom is 0.433 e. The summed E-state index contributed by atoms with van der Waals surface area (Å²) in [7, 11) is 0. The van der Waals surface area contributed by atoms with Gasteiger partial charge in [0.15, 0.2) is 5.76 Å². The van der Waals surface area contributed by atoms with E-state index in [1.807, 2.05) is 13.8 Å². The van der Waals surface area contributed by atoms with Gasteiger partial charge < -0.3 is 15.1 Å². The molecule has 8 heteroatoms. The van der Waals surface area contributed by atoms with Crippen LogP contribution in [0.1, 0.15) is 30.8 Å². The van der Waals surface area contributed by atoms with Crippen LogP contribution in [-0.2, 0) is 4.79 Å². The molecule has 104 valence electrons. The molecule has 1 heterocycles. The number of rotatable bonds is 6. The van der Waals surface area contributed by atoms with E-state index < -0.39 is 16.7 Å². The predicted octanol–water partition coefficient (Wildman–Crippen LogP) is 0.832. The minimum absolute atomic E-state index is 0.0379. The lowest BCUT2D eigenvalue weighted by Crippen LogP contribution is -2.34. The molecule has 0 spiro atoms. The molecule has 0 radical (unpaired) electrons. The fourth-order valence-electron chi connectivity index (χ4n) is 1.32. The van der Waals surface area contributed by atoms with Crippen molar-refractivity contribution in [1.29, 1.82) is 0 Å². The Balaban J connectivity index is 2.39. The predicted molar refractivity (Wildman–Crippen MR) is 65.6 cm³/mol. The number of nitrogens with one attached hydrogen (secondary N) is 2. The highest BCUT2D eigenvalue weighted by molar-refractivity contribution is 5.92. The molecule has 0 bridgehead atoms. The molecule has 0 saturated heterocycles. The zero-order valence-corrected chi connectivity index (χ0v) is 10.6. The molecule has 0 saturated carbocycles. The molecule has 0 fully saturated rings. The number of nitrogens with zero attached hydrogens (tertiary/aromatic N) is 1. The second-order valence-corrected chi connectivity index (χ2v) is 4.12. The molecule has 0 unspecified atom stereocenters. The van der Waals surface area contributed by atoms with E-state index >= 15 is 0 Å². The highest BCUT2D eigenvalue weighted by atomic mass is 16.6. The molecule has 0 aliphatic heterocycles. The third-order valence-electron chi connectivity index (χ3n) is 2.08. The van der Waals surface area contributed by atoms with Crippen LogP contribution >= 0.6 is 0 Å². The van der Waals surface area contributed by atoms with Crippen LogP contribution in [0, 0.1) is 10.1 Å². The van der Waals surface area contributed by atoms with Gasteiger partial charge in [-0.25, -0.2) is 0 Å². The van der Waals surface area contributed by atoms with Crippen molar-refractivity contribution in [2.75, 3.05) is 6.54 Å². The highest BCUT2D eigenvalue weighted by Crippen LogP contribution is 2.15. The number of hydrogen-bond acceptors (Lipinski definition) is 5. The fraction of sp³-hybridized carbons (Fsp3) is 0.455. The molecule has 1 aromatic heterocycles. The van der Waals surface area contributed by atoms with Gasteiger partial charge in [0.2, 0.25) is 5.91 Å². The minimum atomic E-state index is -0.729. The van der Waals surface area contributed by atoms with Crippen molar-refractivity contribution in [2.45, 2.75) is 26.3 Å². The summed E-state index contributed by atoms with van der Waals surface area (Å²) >= 11 is 0. The van der Waals surface area contributed by atoms with Gasteiger partial charge in [-0.15, -0.1) is 0 Å². The Hall–Kier alpha value is -2.38. The van der Waals surface area contributed by atoms with E-state index in [4.69, 9.17) is 4.42 Å². The summed E-state index contributed by atoms with van der Waals surface area (Å²) in [6.07, 6.45) is 0.132. The third-order valence-corrected chi connectivity index (χ3v) is 2.08. The number of carbonyl (C=O) groups is 2. The average Bonchev–Trinajstić information content (AvgIpc) is 2.76. The molecule has 8 nitrogen and oxygen atoms in total. The summed E-state index contributed by atoms with van der Waals surface area (Å²) in [5, 5.41) is 15.5. The molecule has 2 N–H and O–H groups in total. The summed E-state index contributed by atoms with van der Waals surface area (Å²) in [6.45, 7) is 3.79. The van der Waals surface area contributed by atoms with Gasteiger partial charge in [0.1, 0.15) is 4.92 Å². The Morgan fingerprint density at radius 1 is 1.42 bits per heavy atom. The summed E-state index contributed by atoms with van der Waals surface area (Å²) in [5.74, 6) is -1.43. The lowest BCUT2D eigenvalue weighted by Gasteiger charge is -2.08. The lowest BCUT2D eigenvalue weighted by molar-refractivity contribution is -0.402. The van der Waals surface area contributed by atoms with E-state index in [1.165, 1.54) is 6.07 Å². The van der Waals surface area contributed by atoms with Crippen LogP contribution in [0.4, 0.5) is 5.88 Å². The van der Waals surface area contributed by atoms with Crippen molar-refractivity contribution in [3.63, 3.8) is 0 Å². The Bertz CT molecular complexity index is 480. The first-order valence-corrected chi connectivity index (χ1v) is 5.72. The van der Waals surface area contributed by atoms with E-state index in [0.29, 0.717) is 0 Å². The zero-order valence-electron chi connectivity index (χ0n) is 10.6. The van der Waals surface area contributed by atoms with Crippen LogP contribution < -0.4 is 10.6 Å². The third kappa shape index (κ3) is 4.78. The Kier molecular flexibility index (Phi) is 5.04. The Morgan fingerprint density at radius 2 is 2.11 bits per heavy atom. The van der Waals surface area contributed by atoms with E-state index in [2.05, 4.69) is 10.6 Å². The van der Waals surface area contributed by atoms with Crippen molar-refractivity contribution in [3.8, 4) is 0 Å². The molecule has 19 heavy (non-hydrogen) atoms. The van der Waals surface area contributed by atoms with Crippen molar-refractivity contribution < 1.29 is 18.9 Å². The van der Waals surface area contributed by atoms with Crippen molar-refractivity contribution in [3.05, 3.63) is 28.0 Å². The van der Waals surface area contributed by atoms with Gasteiger partial charge in [0.25, 0.3) is 5.91 Å². The average molecular weight is 269 g/mol. The summed E-state index contributed by atoms with van der Waals surface area (Å²) in [5.41, 5.74) is 0. The molecule has 0 aliphatic rings. The van der Waals surface area contributed by atoms with Gasteiger partial charge in [0.05, 0.1) is 6.07 Å². The van der Waals surface area contributed by atoms with Gasteiger partial charge in [-0.3, -0.25) is 19.7 Å². The maximum absolute atomic E-state index is 11.5. The van der Waals surface area contributed by atoms with Crippen LogP contribution in [0.5, 0.6) is 0 Å². The summed E-state index contributed by atoms with van der Waals surface area (Å²) in [4.78, 5) is 32.5. The molecule has 2 amide bonds. The Labute approximate surface area is 109 Å². The van der Waals surface area contributed by atoms with Crippen LogP contribution in [0.25, 0.3) is 0 Å². The second-order valence-electron chi connectivity index (χ2n) is 4.12. The maximum atomic E-state index is 11.5. The van der Waals surface area contributed by atoms with Crippen LogP contribution in [0.15, 0.2) is 16.5 Å². The van der Waals surface area contributed by atoms with E-state index in [1.54, 1.807) is 0 Å². The van der Waals surface area contributed by atoms with Crippen LogP contribution in [0.3, 0.4) is 0 Å². The fourth-order valence-corrected chi connectivity index (χ4v) is 1.32. The molecule has 0 aromatic carbocycles. The Morgan fingerprint density at radius 3 is 2.63 bits per heavy atom. The first-order chi connectivity index (χ1) is 8.90. The number of nitro groups is 1. The number of amides is 2. The molecule has 0 aliphatic carbocycles. The standard InChI is InChI=1S/C11H15N3O5/c1-7(2)13-9(15)5-6-12-11(16)8-3-4-10(19-8)14(17)18/h3-4,7H,5-6H2,1-2H3,(H,12,16)(H,13,15). The molecule has 1 aromatic rings. The number of furan rings is 1. The minimum Gasteiger partial charge on any atom is -0.395 e. The zero-order chi connectivity index (χ0) is 14.4. The van der Waals surface area contributed by atoms with Gasteiger partial charge in [0, 0.05) is 19.0 Å². The topological polar surface area (TPSA) is 114 Å². The molecule has 0 atom stereocenters. The van der Waals surface area contributed by atoms with Gasteiger partial charge in [-0.2, -0.15) is 0 Å². The van der Waals surface area contributed by atoms with Gasteiger partial charge in [-0.1, -0.05) is 0 Å². The molecular formula is C11H15N3O5. The summed E-state index contributed by atoms with van der Waals surface area (Å²) in [6, 6.07) is 2.35. The first-order valence-electron chi connectivity index (χ1n) is 5.72. The lowest BCUT2D eigenvalue weighted by atomic mass is 10.3. The number of hydrogen-bond donors (Lipinski definition) is 2. The molecular weight excluding hydrogens is 254 g/mol. The smallest absolute Gasteiger partial charge is 0.395 e. The van der Waals surface area contributed by atoms with E-state index in [-0.39, 0.29) is 30.7 Å².